The van der Waals surface area contributed by atoms with Gasteiger partial charge in [-0.15, -0.1) is 0 Å². The molecule has 1 fully saturated rings. The number of hydrogen-bond donors (Lipinski definition) is 2. The van der Waals surface area contributed by atoms with E-state index in [-0.39, 0.29) is 17.2 Å². The minimum atomic E-state index is -2.19. The highest BCUT2D eigenvalue weighted by atomic mass is 32.2. The Labute approximate surface area is 230 Å². The molecule has 1 heterocycles. The summed E-state index contributed by atoms with van der Waals surface area (Å²) in [4.78, 5) is 24.4. The number of amides is 1. The first-order valence-electron chi connectivity index (χ1n) is 13.0. The Hall–Kier alpha value is -2.31. The van der Waals surface area contributed by atoms with Crippen LogP contribution in [-0.4, -0.2) is 68.7 Å². The number of allylic oxidation sites excluding steroid dienone is 2. The van der Waals surface area contributed by atoms with Gasteiger partial charge in [-0.05, 0) is 35.9 Å². The van der Waals surface area contributed by atoms with Crippen molar-refractivity contribution in [3.05, 3.63) is 35.1 Å². The number of aliphatic hydroxyl groups is 1. The number of carbonyl (C=O) groups excluding carboxylic acids is 2. The molecule has 0 radical (unpaired) electrons. The van der Waals surface area contributed by atoms with E-state index in [1.807, 2.05) is 6.08 Å². The normalized spacial score (nSPS) is 26.1. The molecule has 10 heteroatoms. The molecule has 1 amide bonds. The van der Waals surface area contributed by atoms with E-state index in [4.69, 9.17) is 18.6 Å². The van der Waals surface area contributed by atoms with Gasteiger partial charge in [0.2, 0.25) is 5.79 Å². The fourth-order valence-corrected chi connectivity index (χ4v) is 8.38. The molecule has 38 heavy (non-hydrogen) atoms. The lowest BCUT2D eigenvalue weighted by molar-refractivity contribution is -0.145. The highest BCUT2D eigenvalue weighted by molar-refractivity contribution is 8.13. The standard InChI is InChI=1S/C28H37NO7SSi/c1-6-38(7-2,8-3)36-24-19-28(34-16-17-35-28)26(29-27(32)33-5)22-13-11-9-10-12-14-23(31)25(22)21(24)15-18-37-20(4)30/h9-10,15,23-25,31H,6-8,16-19H2,1-5H3,(H,29,32)/b10-9-,21-15-/t23-,24-,25?/m0/s1. The van der Waals surface area contributed by atoms with Crippen LogP contribution in [0.25, 0.3) is 0 Å². The summed E-state index contributed by atoms with van der Waals surface area (Å²) < 4.78 is 24.5. The number of fused-ring (bicyclic) bond motifs is 1. The monoisotopic (exact) mass is 559 g/mol. The molecule has 2 aliphatic carbocycles. The topological polar surface area (TPSA) is 103 Å². The van der Waals surface area contributed by atoms with E-state index in [1.165, 1.54) is 25.8 Å². The Kier molecular flexibility index (Phi) is 10.9. The number of carbonyl (C=O) groups is 2. The maximum Gasteiger partial charge on any atom is 0.411 e. The molecule has 3 aliphatic rings. The number of methoxy groups -OCH3 is 1. The van der Waals surface area contributed by atoms with Crippen LogP contribution < -0.4 is 5.32 Å². The van der Waals surface area contributed by atoms with E-state index in [2.05, 4.69) is 49.8 Å². The van der Waals surface area contributed by atoms with Crippen LogP contribution in [0, 0.1) is 29.6 Å². The summed E-state index contributed by atoms with van der Waals surface area (Å²) >= 11 is 1.17. The largest absolute Gasteiger partial charge is 0.453 e. The molecule has 0 aromatic heterocycles. The van der Waals surface area contributed by atoms with Crippen LogP contribution in [0.2, 0.25) is 18.1 Å². The second-order valence-electron chi connectivity index (χ2n) is 9.23. The Morgan fingerprint density at radius 2 is 1.87 bits per heavy atom. The lowest BCUT2D eigenvalue weighted by atomic mass is 9.84. The van der Waals surface area contributed by atoms with E-state index in [9.17, 15) is 14.7 Å². The van der Waals surface area contributed by atoms with Crippen molar-refractivity contribution in [2.45, 2.75) is 70.2 Å². The fraction of sp³-hybridized carbons (Fsp3) is 0.571. The van der Waals surface area contributed by atoms with E-state index >= 15 is 0 Å². The zero-order valence-electron chi connectivity index (χ0n) is 22.7. The average Bonchev–Trinajstić information content (AvgIpc) is 3.38. The molecule has 206 valence electrons. The minimum absolute atomic E-state index is 0.0196. The molecule has 3 atom stereocenters. The van der Waals surface area contributed by atoms with E-state index < -0.39 is 38.3 Å². The summed E-state index contributed by atoms with van der Waals surface area (Å²) in [5.74, 6) is 10.1. The second kappa shape index (κ2) is 13.7. The van der Waals surface area contributed by atoms with Crippen LogP contribution in [0.15, 0.2) is 35.1 Å². The smallest absolute Gasteiger partial charge is 0.411 e. The average molecular weight is 560 g/mol. The van der Waals surface area contributed by atoms with E-state index in [0.29, 0.717) is 24.5 Å². The Morgan fingerprint density at radius 3 is 2.47 bits per heavy atom. The van der Waals surface area contributed by atoms with Gasteiger partial charge in [0.1, 0.15) is 6.10 Å². The molecule has 0 saturated carbocycles. The van der Waals surface area contributed by atoms with Gasteiger partial charge in [-0.3, -0.25) is 10.1 Å². The lowest BCUT2D eigenvalue weighted by Crippen LogP contribution is -2.47. The molecule has 1 spiro atoms. The first kappa shape index (κ1) is 30.2. The van der Waals surface area contributed by atoms with E-state index in [0.717, 1.165) is 23.7 Å². The number of hydrogen-bond acceptors (Lipinski definition) is 8. The van der Waals surface area contributed by atoms with Crippen molar-refractivity contribution in [2.75, 3.05) is 26.1 Å². The van der Waals surface area contributed by atoms with Crippen LogP contribution in [0.3, 0.4) is 0 Å². The minimum Gasteiger partial charge on any atom is -0.453 e. The highest BCUT2D eigenvalue weighted by Crippen LogP contribution is 2.46. The number of rotatable bonds is 8. The zero-order valence-corrected chi connectivity index (χ0v) is 24.5. The fourth-order valence-electron chi connectivity index (χ4n) is 5.05. The third-order valence-electron chi connectivity index (χ3n) is 7.25. The van der Waals surface area contributed by atoms with Crippen molar-refractivity contribution >= 4 is 31.3 Å². The number of thioether (sulfide) groups is 1. The highest BCUT2D eigenvalue weighted by Gasteiger charge is 2.52. The summed E-state index contributed by atoms with van der Waals surface area (Å²) in [7, 11) is -0.918. The van der Waals surface area contributed by atoms with Crippen molar-refractivity contribution in [1.29, 1.82) is 0 Å². The molecule has 8 nitrogen and oxygen atoms in total. The zero-order chi connectivity index (χ0) is 27.8. The molecule has 0 bridgehead atoms. The lowest BCUT2D eigenvalue weighted by Gasteiger charge is -2.38. The summed E-state index contributed by atoms with van der Waals surface area (Å²) in [5.41, 5.74) is 1.44. The maximum absolute atomic E-state index is 12.6. The predicted octanol–water partition coefficient (Wildman–Crippen LogP) is 3.89. The molecule has 3 rings (SSSR count). The van der Waals surface area contributed by atoms with Gasteiger partial charge in [0.15, 0.2) is 13.4 Å². The van der Waals surface area contributed by atoms with Crippen LogP contribution in [-0.2, 0) is 23.4 Å². The van der Waals surface area contributed by atoms with Crippen molar-refractivity contribution in [3.8, 4) is 23.7 Å². The Balaban J connectivity index is 2.32. The van der Waals surface area contributed by atoms with Crippen LogP contribution >= 0.6 is 11.8 Å². The number of alkyl carbamates (subject to hydrolysis) is 1. The third kappa shape index (κ3) is 6.81. The third-order valence-corrected chi connectivity index (χ3v) is 12.6. The molecule has 0 aromatic carbocycles. The van der Waals surface area contributed by atoms with Crippen molar-refractivity contribution in [3.63, 3.8) is 0 Å². The number of nitrogens with one attached hydrogen (secondary N) is 1. The van der Waals surface area contributed by atoms with Gasteiger partial charge >= 0.3 is 6.09 Å². The van der Waals surface area contributed by atoms with Crippen molar-refractivity contribution in [1.82, 2.24) is 5.32 Å². The summed E-state index contributed by atoms with van der Waals surface area (Å²) in [5, 5.41) is 14.3. The Morgan fingerprint density at radius 1 is 1.21 bits per heavy atom. The quantitative estimate of drug-likeness (QED) is 0.262. The van der Waals surface area contributed by atoms with Gasteiger partial charge in [0, 0.05) is 24.7 Å². The molecular weight excluding hydrogens is 522 g/mol. The first-order valence-corrected chi connectivity index (χ1v) is 16.5. The molecule has 1 aliphatic heterocycles. The molecule has 1 unspecified atom stereocenters. The van der Waals surface area contributed by atoms with E-state index in [1.54, 1.807) is 12.2 Å². The molecular formula is C28H37NO7SSi. The molecule has 1 saturated heterocycles. The Bertz CT molecular complexity index is 1110. The maximum atomic E-state index is 12.6. The number of ether oxygens (including phenoxy) is 3. The summed E-state index contributed by atoms with van der Waals surface area (Å²) in [6, 6.07) is 2.72. The first-order chi connectivity index (χ1) is 18.2. The van der Waals surface area contributed by atoms with Crippen LogP contribution in [0.4, 0.5) is 4.79 Å². The molecule has 0 aromatic rings. The summed E-state index contributed by atoms with van der Waals surface area (Å²) in [6.45, 7) is 8.58. The van der Waals surface area contributed by atoms with Crippen LogP contribution in [0.5, 0.6) is 0 Å². The number of aliphatic hydroxyl groups excluding tert-OH is 1. The van der Waals surface area contributed by atoms with Gasteiger partial charge in [-0.25, -0.2) is 4.79 Å². The SMILES string of the molecule is CC[Si](CC)(CC)O[C@H]1CC2(OCCO2)C(NC(=O)OC)=C2C#C/C=C\C#C[C@H](O)C2/C1=C\CSC(C)=O. The van der Waals surface area contributed by atoms with Gasteiger partial charge in [-0.1, -0.05) is 62.3 Å². The molecule has 2 N–H and O–H groups in total. The van der Waals surface area contributed by atoms with Crippen molar-refractivity contribution in [2.24, 2.45) is 5.92 Å². The summed E-state index contributed by atoms with van der Waals surface area (Å²) in [6.07, 6.45) is 2.91. The van der Waals surface area contributed by atoms with Gasteiger partial charge in [0.05, 0.1) is 38.0 Å². The van der Waals surface area contributed by atoms with Gasteiger partial charge in [-0.2, -0.15) is 0 Å². The second-order valence-corrected chi connectivity index (χ2v) is 15.1. The van der Waals surface area contributed by atoms with Crippen molar-refractivity contribution < 1.29 is 33.3 Å². The predicted molar refractivity (Wildman–Crippen MR) is 149 cm³/mol. The van der Waals surface area contributed by atoms with Crippen LogP contribution in [0.1, 0.15) is 34.1 Å². The van der Waals surface area contributed by atoms with Gasteiger partial charge < -0.3 is 23.7 Å². The van der Waals surface area contributed by atoms with Gasteiger partial charge in [0.25, 0.3) is 0 Å².